The van der Waals surface area contributed by atoms with E-state index in [1.807, 2.05) is 6.07 Å². The minimum absolute atomic E-state index is 0.115. The number of carbonyl (C=O) groups is 1. The summed E-state index contributed by atoms with van der Waals surface area (Å²) in [5.74, 6) is -0.127. The molecule has 0 saturated heterocycles. The van der Waals surface area contributed by atoms with Gasteiger partial charge in [0, 0.05) is 23.6 Å². The fraction of sp³-hybridized carbons (Fsp3) is 0.0500. The van der Waals surface area contributed by atoms with Gasteiger partial charge in [-0.25, -0.2) is 4.98 Å². The number of nitrogens with one attached hydrogen (secondary N) is 1. The molecule has 0 bridgehead atoms. The van der Waals surface area contributed by atoms with Gasteiger partial charge in [0.15, 0.2) is 5.58 Å². The molecular weight excluding hydrogens is 371 g/mol. The molecule has 2 aromatic carbocycles. The Kier molecular flexibility index (Phi) is 4.31. The summed E-state index contributed by atoms with van der Waals surface area (Å²) in [6.07, 6.45) is -1.18. The SMILES string of the molecule is O=C(Nc1ccc2oc(-c3cccnc3)nc2c1)c1ccc(C(F)(F)F)cc1. The van der Waals surface area contributed by atoms with Crippen molar-refractivity contribution in [1.82, 2.24) is 9.97 Å². The zero-order valence-corrected chi connectivity index (χ0v) is 14.2. The van der Waals surface area contributed by atoms with Crippen molar-refractivity contribution in [2.45, 2.75) is 6.18 Å². The van der Waals surface area contributed by atoms with Crippen LogP contribution in [0.3, 0.4) is 0 Å². The predicted molar refractivity (Wildman–Crippen MR) is 96.6 cm³/mol. The number of benzene rings is 2. The van der Waals surface area contributed by atoms with Gasteiger partial charge in [0.05, 0.1) is 11.1 Å². The van der Waals surface area contributed by atoms with E-state index in [9.17, 15) is 18.0 Å². The van der Waals surface area contributed by atoms with E-state index < -0.39 is 17.6 Å². The monoisotopic (exact) mass is 383 g/mol. The molecule has 4 aromatic rings. The van der Waals surface area contributed by atoms with Crippen molar-refractivity contribution in [3.8, 4) is 11.5 Å². The summed E-state index contributed by atoms with van der Waals surface area (Å²) < 4.78 is 43.5. The lowest BCUT2D eigenvalue weighted by atomic mass is 10.1. The molecule has 1 amide bonds. The van der Waals surface area contributed by atoms with Crippen LogP contribution in [-0.4, -0.2) is 15.9 Å². The minimum Gasteiger partial charge on any atom is -0.436 e. The van der Waals surface area contributed by atoms with Crippen LogP contribution in [0.4, 0.5) is 18.9 Å². The fourth-order valence-electron chi connectivity index (χ4n) is 2.63. The van der Waals surface area contributed by atoms with Crippen LogP contribution in [-0.2, 0) is 6.18 Å². The van der Waals surface area contributed by atoms with Crippen molar-refractivity contribution >= 4 is 22.7 Å². The molecule has 0 aliphatic rings. The third kappa shape index (κ3) is 3.57. The molecule has 28 heavy (non-hydrogen) atoms. The predicted octanol–water partition coefficient (Wildman–Crippen LogP) is 5.16. The number of nitrogens with zero attached hydrogens (tertiary/aromatic N) is 2. The summed E-state index contributed by atoms with van der Waals surface area (Å²) in [6, 6.07) is 12.5. The highest BCUT2D eigenvalue weighted by atomic mass is 19.4. The van der Waals surface area contributed by atoms with E-state index in [2.05, 4.69) is 15.3 Å². The Morgan fingerprint density at radius 1 is 1.04 bits per heavy atom. The lowest BCUT2D eigenvalue weighted by Gasteiger charge is -2.08. The molecule has 5 nitrogen and oxygen atoms in total. The number of hydrogen-bond acceptors (Lipinski definition) is 4. The summed E-state index contributed by atoms with van der Waals surface area (Å²) in [6.45, 7) is 0. The molecule has 1 N–H and O–H groups in total. The Bertz CT molecular complexity index is 1140. The molecule has 0 radical (unpaired) electrons. The number of pyridine rings is 1. The third-order valence-corrected chi connectivity index (χ3v) is 4.03. The highest BCUT2D eigenvalue weighted by Crippen LogP contribution is 2.29. The van der Waals surface area contributed by atoms with Gasteiger partial charge in [-0.3, -0.25) is 9.78 Å². The summed E-state index contributed by atoms with van der Waals surface area (Å²) in [7, 11) is 0. The van der Waals surface area contributed by atoms with Crippen molar-refractivity contribution < 1.29 is 22.4 Å². The number of aromatic nitrogens is 2. The molecule has 0 fully saturated rings. The molecule has 4 rings (SSSR count). The Labute approximate surface area is 156 Å². The maximum atomic E-state index is 12.6. The number of oxazole rings is 1. The number of amides is 1. The van der Waals surface area contributed by atoms with Crippen LogP contribution < -0.4 is 5.32 Å². The molecule has 8 heteroatoms. The summed E-state index contributed by atoms with van der Waals surface area (Å²) in [4.78, 5) is 20.7. The molecule has 0 atom stereocenters. The van der Waals surface area contributed by atoms with Gasteiger partial charge < -0.3 is 9.73 Å². The molecule has 140 valence electrons. The van der Waals surface area contributed by atoms with E-state index in [0.717, 1.165) is 24.3 Å². The van der Waals surface area contributed by atoms with Gasteiger partial charge in [0.1, 0.15) is 5.52 Å². The maximum Gasteiger partial charge on any atom is 0.416 e. The Morgan fingerprint density at radius 2 is 1.82 bits per heavy atom. The number of alkyl halides is 3. The van der Waals surface area contributed by atoms with Crippen LogP contribution in [0.15, 0.2) is 71.4 Å². The van der Waals surface area contributed by atoms with E-state index in [1.54, 1.807) is 36.7 Å². The van der Waals surface area contributed by atoms with Crippen LogP contribution in [0.25, 0.3) is 22.6 Å². The van der Waals surface area contributed by atoms with E-state index in [4.69, 9.17) is 4.42 Å². The van der Waals surface area contributed by atoms with Gasteiger partial charge in [-0.2, -0.15) is 13.2 Å². The van der Waals surface area contributed by atoms with Crippen molar-refractivity contribution in [1.29, 1.82) is 0 Å². The first-order valence-electron chi connectivity index (χ1n) is 8.20. The minimum atomic E-state index is -4.45. The van der Waals surface area contributed by atoms with Crippen LogP contribution in [0.5, 0.6) is 0 Å². The number of rotatable bonds is 3. The molecule has 0 saturated carbocycles. The van der Waals surface area contributed by atoms with Crippen molar-refractivity contribution in [3.63, 3.8) is 0 Å². The van der Waals surface area contributed by atoms with Gasteiger partial charge in [-0.15, -0.1) is 0 Å². The first-order valence-corrected chi connectivity index (χ1v) is 8.20. The Balaban J connectivity index is 1.55. The summed E-state index contributed by atoms with van der Waals surface area (Å²) >= 11 is 0. The maximum absolute atomic E-state index is 12.6. The first-order chi connectivity index (χ1) is 13.4. The molecule has 2 aromatic heterocycles. The molecule has 2 heterocycles. The van der Waals surface area contributed by atoms with E-state index in [1.165, 1.54) is 0 Å². The van der Waals surface area contributed by atoms with Crippen molar-refractivity contribution in [3.05, 3.63) is 78.1 Å². The summed E-state index contributed by atoms with van der Waals surface area (Å²) in [5.41, 5.74) is 1.54. The quantitative estimate of drug-likeness (QED) is 0.531. The van der Waals surface area contributed by atoms with E-state index in [-0.39, 0.29) is 5.56 Å². The number of halogens is 3. The Morgan fingerprint density at radius 3 is 2.50 bits per heavy atom. The Hall–Kier alpha value is -3.68. The first kappa shape index (κ1) is 17.7. The van der Waals surface area contributed by atoms with Crippen LogP contribution in [0.2, 0.25) is 0 Å². The van der Waals surface area contributed by atoms with Gasteiger partial charge >= 0.3 is 6.18 Å². The average Bonchev–Trinajstić information content (AvgIpc) is 3.11. The van der Waals surface area contributed by atoms with Crippen LogP contribution in [0.1, 0.15) is 15.9 Å². The highest BCUT2D eigenvalue weighted by Gasteiger charge is 2.30. The highest BCUT2D eigenvalue weighted by molar-refractivity contribution is 6.05. The molecule has 0 unspecified atom stereocenters. The second-order valence-corrected chi connectivity index (χ2v) is 5.97. The van der Waals surface area contributed by atoms with E-state index in [0.29, 0.717) is 28.2 Å². The van der Waals surface area contributed by atoms with Crippen molar-refractivity contribution in [2.24, 2.45) is 0 Å². The molecule has 0 aliphatic carbocycles. The van der Waals surface area contributed by atoms with E-state index >= 15 is 0 Å². The lowest BCUT2D eigenvalue weighted by molar-refractivity contribution is -0.137. The van der Waals surface area contributed by atoms with Gasteiger partial charge in [-0.1, -0.05) is 0 Å². The number of carbonyl (C=O) groups excluding carboxylic acids is 1. The topological polar surface area (TPSA) is 68.0 Å². The zero-order chi connectivity index (χ0) is 19.7. The molecule has 0 spiro atoms. The van der Waals surface area contributed by atoms with Gasteiger partial charge in [-0.05, 0) is 54.6 Å². The largest absolute Gasteiger partial charge is 0.436 e. The second-order valence-electron chi connectivity index (χ2n) is 5.97. The fourth-order valence-corrected chi connectivity index (χ4v) is 2.63. The average molecular weight is 383 g/mol. The summed E-state index contributed by atoms with van der Waals surface area (Å²) in [5, 5.41) is 2.64. The normalized spacial score (nSPS) is 11.5. The molecule has 0 aliphatic heterocycles. The van der Waals surface area contributed by atoms with Crippen LogP contribution >= 0.6 is 0 Å². The van der Waals surface area contributed by atoms with Crippen LogP contribution in [0, 0.1) is 0 Å². The van der Waals surface area contributed by atoms with Gasteiger partial charge in [0.25, 0.3) is 5.91 Å². The van der Waals surface area contributed by atoms with Gasteiger partial charge in [0.2, 0.25) is 5.89 Å². The third-order valence-electron chi connectivity index (χ3n) is 4.03. The lowest BCUT2D eigenvalue weighted by Crippen LogP contribution is -2.12. The number of fused-ring (bicyclic) bond motifs is 1. The number of hydrogen-bond donors (Lipinski definition) is 1. The van der Waals surface area contributed by atoms with Crippen molar-refractivity contribution in [2.75, 3.05) is 5.32 Å². The zero-order valence-electron chi connectivity index (χ0n) is 14.2. The smallest absolute Gasteiger partial charge is 0.416 e. The standard InChI is InChI=1S/C20H12F3N3O2/c21-20(22,23)14-5-3-12(4-6-14)18(27)25-15-7-8-17-16(10-15)26-19(28-17)13-2-1-9-24-11-13/h1-11H,(H,25,27). The second kappa shape index (κ2) is 6.80. The molecular formula is C20H12F3N3O2. The number of anilines is 1.